The third-order valence-electron chi connectivity index (χ3n) is 2.95. The van der Waals surface area contributed by atoms with Gasteiger partial charge in [0.05, 0.1) is 23.6 Å². The molecule has 1 amide bonds. The monoisotopic (exact) mass is 304 g/mol. The lowest BCUT2D eigenvalue weighted by Crippen LogP contribution is -2.31. The zero-order valence-corrected chi connectivity index (χ0v) is 12.9. The van der Waals surface area contributed by atoms with E-state index in [0.717, 1.165) is 11.3 Å². The lowest BCUT2D eigenvalue weighted by Gasteiger charge is -2.10. The van der Waals surface area contributed by atoms with Gasteiger partial charge in [0.2, 0.25) is 5.91 Å². The van der Waals surface area contributed by atoms with Crippen molar-refractivity contribution in [2.24, 2.45) is 7.05 Å². The van der Waals surface area contributed by atoms with Crippen LogP contribution in [0.3, 0.4) is 0 Å². The van der Waals surface area contributed by atoms with Crippen molar-refractivity contribution in [3.8, 4) is 23.7 Å². The Morgan fingerprint density at radius 3 is 3.00 bits per heavy atom. The third kappa shape index (κ3) is 3.28. The number of nitrogens with zero attached hydrogens (tertiary/aromatic N) is 3. The van der Waals surface area contributed by atoms with Crippen molar-refractivity contribution in [2.75, 3.05) is 6.54 Å². The molecule has 0 fully saturated rings. The van der Waals surface area contributed by atoms with E-state index >= 15 is 0 Å². The van der Waals surface area contributed by atoms with Crippen LogP contribution < -0.4 is 5.32 Å². The van der Waals surface area contributed by atoms with Crippen LogP contribution in [0.25, 0.3) is 11.4 Å². The van der Waals surface area contributed by atoms with Gasteiger partial charge in [-0.1, -0.05) is 17.7 Å². The highest BCUT2D eigenvalue weighted by atomic mass is 32.2. The van der Waals surface area contributed by atoms with Crippen LogP contribution in [0.4, 0.5) is 0 Å². The van der Waals surface area contributed by atoms with Gasteiger partial charge in [0.1, 0.15) is 5.76 Å². The molecule has 6 nitrogen and oxygen atoms in total. The molecule has 0 aromatic carbocycles. The van der Waals surface area contributed by atoms with Crippen LogP contribution in [0.2, 0.25) is 0 Å². The zero-order chi connectivity index (χ0) is 15.4. The smallest absolute Gasteiger partial charge is 0.234 e. The first-order chi connectivity index (χ1) is 10.0. The summed E-state index contributed by atoms with van der Waals surface area (Å²) in [6.07, 6.45) is 6.73. The van der Waals surface area contributed by atoms with Gasteiger partial charge >= 0.3 is 0 Å². The Kier molecular flexibility index (Phi) is 4.70. The number of aryl methyl sites for hydroxylation is 1. The average molecular weight is 304 g/mol. The number of carbonyl (C=O) groups is 1. The molecular weight excluding hydrogens is 288 g/mol. The van der Waals surface area contributed by atoms with Crippen LogP contribution in [-0.2, 0) is 11.8 Å². The highest BCUT2D eigenvalue weighted by Gasteiger charge is 2.20. The highest BCUT2D eigenvalue weighted by molar-refractivity contribution is 8.00. The number of hydrogen-bond donors (Lipinski definition) is 1. The predicted molar refractivity (Wildman–Crippen MR) is 80.6 cm³/mol. The van der Waals surface area contributed by atoms with Crippen molar-refractivity contribution in [1.82, 2.24) is 20.1 Å². The van der Waals surface area contributed by atoms with Crippen molar-refractivity contribution >= 4 is 17.7 Å². The summed E-state index contributed by atoms with van der Waals surface area (Å²) in [7, 11) is 1.86. The molecule has 0 saturated heterocycles. The van der Waals surface area contributed by atoms with Crippen molar-refractivity contribution in [3.05, 3.63) is 18.1 Å². The van der Waals surface area contributed by atoms with Gasteiger partial charge in [-0.2, -0.15) is 0 Å². The summed E-state index contributed by atoms with van der Waals surface area (Å²) in [5.74, 6) is 3.74. The molecule has 7 heteroatoms. The largest absolute Gasteiger partial charge is 0.469 e. The first-order valence-corrected chi connectivity index (χ1v) is 7.24. The first-order valence-electron chi connectivity index (χ1n) is 6.36. The minimum atomic E-state index is -0.306. The van der Waals surface area contributed by atoms with Gasteiger partial charge in [-0.05, 0) is 19.9 Å². The SMILES string of the molecule is C#CCNC(=O)C(C)Sc1nnc(-c2ccoc2C)n1C. The Morgan fingerprint density at radius 1 is 1.62 bits per heavy atom. The molecule has 0 saturated carbocycles. The molecule has 0 aliphatic heterocycles. The number of amides is 1. The Morgan fingerprint density at radius 2 is 2.38 bits per heavy atom. The summed E-state index contributed by atoms with van der Waals surface area (Å²) in [6.45, 7) is 3.89. The molecule has 2 heterocycles. The molecule has 110 valence electrons. The maximum atomic E-state index is 11.8. The molecule has 0 radical (unpaired) electrons. The molecule has 21 heavy (non-hydrogen) atoms. The predicted octanol–water partition coefficient (Wildman–Crippen LogP) is 1.61. The number of thioether (sulfide) groups is 1. The molecule has 0 bridgehead atoms. The second kappa shape index (κ2) is 6.50. The number of rotatable bonds is 5. The van der Waals surface area contributed by atoms with E-state index < -0.39 is 0 Å². The normalized spacial score (nSPS) is 11.9. The van der Waals surface area contributed by atoms with E-state index in [0.29, 0.717) is 11.0 Å². The molecule has 1 atom stereocenters. The molecule has 0 aliphatic rings. The van der Waals surface area contributed by atoms with Gasteiger partial charge in [0, 0.05) is 7.05 Å². The van der Waals surface area contributed by atoms with Gasteiger partial charge < -0.3 is 14.3 Å². The van der Waals surface area contributed by atoms with E-state index in [4.69, 9.17) is 10.8 Å². The maximum absolute atomic E-state index is 11.8. The summed E-state index contributed by atoms with van der Waals surface area (Å²) in [5, 5.41) is 11.3. The summed E-state index contributed by atoms with van der Waals surface area (Å²) in [5.41, 5.74) is 0.890. The Labute approximate surface area is 127 Å². The lowest BCUT2D eigenvalue weighted by atomic mass is 10.2. The van der Waals surface area contributed by atoms with Crippen LogP contribution in [0.1, 0.15) is 12.7 Å². The number of nitrogens with one attached hydrogen (secondary N) is 1. The van der Waals surface area contributed by atoms with E-state index in [1.807, 2.05) is 24.6 Å². The maximum Gasteiger partial charge on any atom is 0.234 e. The average Bonchev–Trinajstić information content (AvgIpc) is 3.03. The molecular formula is C14H16N4O2S. The van der Waals surface area contributed by atoms with Crippen LogP contribution in [0.15, 0.2) is 21.9 Å². The lowest BCUT2D eigenvalue weighted by molar-refractivity contribution is -0.120. The fourth-order valence-electron chi connectivity index (χ4n) is 1.76. The number of furan rings is 1. The molecule has 1 N–H and O–H groups in total. The van der Waals surface area contributed by atoms with E-state index in [-0.39, 0.29) is 17.7 Å². The topological polar surface area (TPSA) is 73.0 Å². The number of aromatic nitrogens is 3. The first kappa shape index (κ1) is 15.2. The van der Waals surface area contributed by atoms with Gasteiger partial charge in [0.25, 0.3) is 0 Å². The van der Waals surface area contributed by atoms with E-state index in [1.54, 1.807) is 13.2 Å². The Balaban J connectivity index is 2.13. The fourth-order valence-corrected chi connectivity index (χ4v) is 2.60. The van der Waals surface area contributed by atoms with Gasteiger partial charge in [-0.15, -0.1) is 16.6 Å². The van der Waals surface area contributed by atoms with E-state index in [1.165, 1.54) is 11.8 Å². The zero-order valence-electron chi connectivity index (χ0n) is 12.1. The van der Waals surface area contributed by atoms with E-state index in [9.17, 15) is 4.79 Å². The molecule has 2 aromatic heterocycles. The van der Waals surface area contributed by atoms with Crippen molar-refractivity contribution in [1.29, 1.82) is 0 Å². The Hall–Kier alpha value is -2.20. The van der Waals surface area contributed by atoms with Crippen LogP contribution in [-0.4, -0.2) is 32.5 Å². The second-order valence-corrected chi connectivity index (χ2v) is 5.75. The Bertz CT molecular complexity index is 683. The highest BCUT2D eigenvalue weighted by Crippen LogP contribution is 2.27. The second-order valence-electron chi connectivity index (χ2n) is 4.44. The van der Waals surface area contributed by atoms with Crippen molar-refractivity contribution < 1.29 is 9.21 Å². The number of carbonyl (C=O) groups excluding carboxylic acids is 1. The molecule has 2 aromatic rings. The fraction of sp³-hybridized carbons (Fsp3) is 0.357. The summed E-state index contributed by atoms with van der Waals surface area (Å²) < 4.78 is 7.12. The van der Waals surface area contributed by atoms with E-state index in [2.05, 4.69) is 21.4 Å². The third-order valence-corrected chi connectivity index (χ3v) is 4.08. The van der Waals surface area contributed by atoms with Crippen LogP contribution in [0, 0.1) is 19.3 Å². The summed E-state index contributed by atoms with van der Waals surface area (Å²) in [4.78, 5) is 11.8. The molecule has 1 unspecified atom stereocenters. The summed E-state index contributed by atoms with van der Waals surface area (Å²) in [6, 6.07) is 1.84. The molecule has 0 spiro atoms. The number of terminal acetylenes is 1. The van der Waals surface area contributed by atoms with Crippen molar-refractivity contribution in [3.63, 3.8) is 0 Å². The molecule has 0 aliphatic carbocycles. The van der Waals surface area contributed by atoms with Gasteiger partial charge in [0.15, 0.2) is 11.0 Å². The van der Waals surface area contributed by atoms with Crippen LogP contribution >= 0.6 is 11.8 Å². The van der Waals surface area contributed by atoms with Gasteiger partial charge in [-0.25, -0.2) is 0 Å². The minimum absolute atomic E-state index is 0.123. The standard InChI is InChI=1S/C14H16N4O2S/c1-5-7-15-13(19)10(3)21-14-17-16-12(18(14)4)11-6-8-20-9(11)2/h1,6,8,10H,7H2,2-4H3,(H,15,19). The molecule has 2 rings (SSSR count). The van der Waals surface area contributed by atoms with Crippen LogP contribution in [0.5, 0.6) is 0 Å². The quantitative estimate of drug-likeness (QED) is 0.671. The summed E-state index contributed by atoms with van der Waals surface area (Å²) >= 11 is 1.33. The van der Waals surface area contributed by atoms with Crippen molar-refractivity contribution in [2.45, 2.75) is 24.3 Å². The minimum Gasteiger partial charge on any atom is -0.469 e. The number of hydrogen-bond acceptors (Lipinski definition) is 5. The van der Waals surface area contributed by atoms with Gasteiger partial charge in [-0.3, -0.25) is 4.79 Å².